The predicted molar refractivity (Wildman–Crippen MR) is 78.3 cm³/mol. The molecule has 0 spiro atoms. The molecule has 0 aliphatic heterocycles. The number of pyridine rings is 1. The Morgan fingerprint density at radius 2 is 1.95 bits per heavy atom. The number of halogens is 1. The Balaban J connectivity index is 2.22. The Hall–Kier alpha value is -1.33. The summed E-state index contributed by atoms with van der Waals surface area (Å²) in [4.78, 5) is 8.34. The van der Waals surface area contributed by atoms with Crippen molar-refractivity contribution in [1.82, 2.24) is 9.97 Å². The van der Waals surface area contributed by atoms with Gasteiger partial charge in [0.2, 0.25) is 0 Å². The highest BCUT2D eigenvalue weighted by molar-refractivity contribution is 7.09. The Morgan fingerprint density at radius 3 is 2.50 bits per heavy atom. The third-order valence-electron chi connectivity index (χ3n) is 3.14. The van der Waals surface area contributed by atoms with Crippen molar-refractivity contribution in [3.8, 4) is 0 Å². The third kappa shape index (κ3) is 3.41. The number of hydrogen-bond donors (Lipinski definition) is 1. The lowest BCUT2D eigenvalue weighted by molar-refractivity contribution is 0.0568. The molecule has 0 radical (unpaired) electrons. The molecule has 20 heavy (non-hydrogen) atoms. The van der Waals surface area contributed by atoms with Gasteiger partial charge >= 0.3 is 0 Å². The summed E-state index contributed by atoms with van der Waals surface area (Å²) in [6.07, 6.45) is 2.96. The van der Waals surface area contributed by atoms with Crippen LogP contribution in [0.25, 0.3) is 0 Å². The van der Waals surface area contributed by atoms with Gasteiger partial charge in [0.1, 0.15) is 5.82 Å². The molecule has 1 N–H and O–H groups in total. The summed E-state index contributed by atoms with van der Waals surface area (Å²) in [5.41, 5.74) is 0.277. The van der Waals surface area contributed by atoms with Gasteiger partial charge in [0.15, 0.2) is 0 Å². The number of aromatic nitrogens is 2. The molecule has 1 unspecified atom stereocenters. The standard InChI is InChI=1S/C15H19FN2OS/c1-14(2,3)12-9-20-13(18-12)6-15(4,19)10-5-11(16)8-17-7-10/h5,7-9,19H,6H2,1-4H3. The van der Waals surface area contributed by atoms with Crippen molar-refractivity contribution in [3.63, 3.8) is 0 Å². The van der Waals surface area contributed by atoms with Crippen molar-refractivity contribution in [1.29, 1.82) is 0 Å². The monoisotopic (exact) mass is 294 g/mol. The van der Waals surface area contributed by atoms with Gasteiger partial charge in [-0.2, -0.15) is 0 Å². The molecule has 0 aliphatic carbocycles. The zero-order valence-electron chi connectivity index (χ0n) is 12.1. The van der Waals surface area contributed by atoms with E-state index in [0.717, 1.165) is 16.9 Å². The van der Waals surface area contributed by atoms with Crippen LogP contribution in [0.4, 0.5) is 4.39 Å². The van der Waals surface area contributed by atoms with E-state index in [1.165, 1.54) is 23.6 Å². The summed E-state index contributed by atoms with van der Waals surface area (Å²) in [6.45, 7) is 7.95. The van der Waals surface area contributed by atoms with Gasteiger partial charge in [-0.1, -0.05) is 20.8 Å². The molecule has 2 rings (SSSR count). The average molecular weight is 294 g/mol. The fourth-order valence-corrected chi connectivity index (χ4v) is 3.01. The largest absolute Gasteiger partial charge is 0.385 e. The number of rotatable bonds is 3. The first-order valence-corrected chi connectivity index (χ1v) is 7.35. The van der Waals surface area contributed by atoms with Gasteiger partial charge < -0.3 is 5.11 Å². The highest BCUT2D eigenvalue weighted by Crippen LogP contribution is 2.29. The summed E-state index contributed by atoms with van der Waals surface area (Å²) in [5, 5.41) is 13.4. The summed E-state index contributed by atoms with van der Waals surface area (Å²) in [7, 11) is 0. The molecule has 1 atom stereocenters. The summed E-state index contributed by atoms with van der Waals surface area (Å²) < 4.78 is 13.2. The Kier molecular flexibility index (Phi) is 3.93. The quantitative estimate of drug-likeness (QED) is 0.943. The smallest absolute Gasteiger partial charge is 0.141 e. The third-order valence-corrected chi connectivity index (χ3v) is 3.99. The molecule has 0 fully saturated rings. The maximum Gasteiger partial charge on any atom is 0.141 e. The lowest BCUT2D eigenvalue weighted by atomic mass is 9.92. The zero-order chi connectivity index (χ0) is 15.0. The van der Waals surface area contributed by atoms with Crippen LogP contribution in [0.2, 0.25) is 0 Å². The highest BCUT2D eigenvalue weighted by Gasteiger charge is 2.27. The lowest BCUT2D eigenvalue weighted by Gasteiger charge is -2.22. The van der Waals surface area contributed by atoms with Crippen LogP contribution >= 0.6 is 11.3 Å². The van der Waals surface area contributed by atoms with E-state index in [0.29, 0.717) is 12.0 Å². The molecule has 2 heterocycles. The van der Waals surface area contributed by atoms with Gasteiger partial charge in [0.05, 0.1) is 22.5 Å². The molecule has 5 heteroatoms. The first kappa shape index (κ1) is 15.1. The second-order valence-corrected chi connectivity index (χ2v) is 7.16. The van der Waals surface area contributed by atoms with Crippen LogP contribution in [0.1, 0.15) is 44.0 Å². The molecule has 3 nitrogen and oxygen atoms in total. The van der Waals surface area contributed by atoms with E-state index in [1.807, 2.05) is 5.38 Å². The normalized spacial score (nSPS) is 15.1. The van der Waals surface area contributed by atoms with Crippen molar-refractivity contribution >= 4 is 11.3 Å². The highest BCUT2D eigenvalue weighted by atomic mass is 32.1. The fraction of sp³-hybridized carbons (Fsp3) is 0.467. The number of hydrogen-bond acceptors (Lipinski definition) is 4. The molecule has 0 aliphatic rings. The van der Waals surface area contributed by atoms with Gasteiger partial charge in [0.25, 0.3) is 0 Å². The van der Waals surface area contributed by atoms with Gasteiger partial charge in [-0.15, -0.1) is 11.3 Å². The molecular formula is C15H19FN2OS. The van der Waals surface area contributed by atoms with Crippen LogP contribution in [-0.2, 0) is 17.4 Å². The van der Waals surface area contributed by atoms with E-state index in [-0.39, 0.29) is 5.41 Å². The van der Waals surface area contributed by atoms with Crippen molar-refractivity contribution in [2.24, 2.45) is 0 Å². The second-order valence-electron chi connectivity index (χ2n) is 6.22. The minimum atomic E-state index is -1.18. The first-order valence-electron chi connectivity index (χ1n) is 6.47. The van der Waals surface area contributed by atoms with E-state index in [4.69, 9.17) is 0 Å². The minimum Gasteiger partial charge on any atom is -0.385 e. The molecule has 0 amide bonds. The van der Waals surface area contributed by atoms with E-state index in [1.54, 1.807) is 6.92 Å². The Labute approximate surface area is 122 Å². The lowest BCUT2D eigenvalue weighted by Crippen LogP contribution is -2.25. The molecule has 0 aromatic carbocycles. The molecule has 0 saturated carbocycles. The van der Waals surface area contributed by atoms with Crippen molar-refractivity contribution in [2.75, 3.05) is 0 Å². The molecule has 2 aromatic rings. The maximum atomic E-state index is 13.2. The van der Waals surface area contributed by atoms with E-state index < -0.39 is 11.4 Å². The second kappa shape index (κ2) is 5.22. The van der Waals surface area contributed by atoms with Crippen LogP contribution in [-0.4, -0.2) is 15.1 Å². The first-order chi connectivity index (χ1) is 9.18. The fourth-order valence-electron chi connectivity index (χ4n) is 1.84. The number of aliphatic hydroxyl groups is 1. The minimum absolute atomic E-state index is 0.0129. The van der Waals surface area contributed by atoms with Crippen molar-refractivity contribution < 1.29 is 9.50 Å². The van der Waals surface area contributed by atoms with Gasteiger partial charge in [-0.25, -0.2) is 9.37 Å². The van der Waals surface area contributed by atoms with Crippen LogP contribution in [0.3, 0.4) is 0 Å². The predicted octanol–water partition coefficient (Wildman–Crippen LogP) is 3.42. The zero-order valence-corrected chi connectivity index (χ0v) is 13.0. The van der Waals surface area contributed by atoms with Gasteiger partial charge in [-0.3, -0.25) is 4.98 Å². The number of thiazole rings is 1. The van der Waals surface area contributed by atoms with Crippen molar-refractivity contribution in [3.05, 3.63) is 45.9 Å². The van der Waals surface area contributed by atoms with Gasteiger partial charge in [-0.05, 0) is 13.0 Å². The van der Waals surface area contributed by atoms with Crippen LogP contribution in [0.5, 0.6) is 0 Å². The Morgan fingerprint density at radius 1 is 1.25 bits per heavy atom. The summed E-state index contributed by atoms with van der Waals surface area (Å²) in [5.74, 6) is -0.447. The van der Waals surface area contributed by atoms with E-state index in [2.05, 4.69) is 30.7 Å². The van der Waals surface area contributed by atoms with E-state index in [9.17, 15) is 9.50 Å². The maximum absolute atomic E-state index is 13.2. The van der Waals surface area contributed by atoms with Crippen LogP contribution in [0.15, 0.2) is 23.8 Å². The molecule has 108 valence electrons. The van der Waals surface area contributed by atoms with E-state index >= 15 is 0 Å². The number of nitrogens with zero attached hydrogens (tertiary/aromatic N) is 2. The molecule has 0 saturated heterocycles. The molecule has 0 bridgehead atoms. The summed E-state index contributed by atoms with van der Waals surface area (Å²) >= 11 is 1.52. The molecular weight excluding hydrogens is 275 g/mol. The van der Waals surface area contributed by atoms with Crippen LogP contribution in [0, 0.1) is 5.82 Å². The van der Waals surface area contributed by atoms with Gasteiger partial charge in [0, 0.05) is 29.0 Å². The van der Waals surface area contributed by atoms with Crippen molar-refractivity contribution in [2.45, 2.75) is 45.1 Å². The molecule has 2 aromatic heterocycles. The Bertz CT molecular complexity index is 602. The summed E-state index contributed by atoms with van der Waals surface area (Å²) in [6, 6.07) is 1.31. The van der Waals surface area contributed by atoms with Crippen LogP contribution < -0.4 is 0 Å². The SMILES string of the molecule is CC(C)(C)c1csc(CC(C)(O)c2cncc(F)c2)n1. The average Bonchev–Trinajstić information content (AvgIpc) is 2.76. The topological polar surface area (TPSA) is 46.0 Å².